The first-order valence-corrected chi connectivity index (χ1v) is 10.5. The monoisotopic (exact) mass is 376 g/mol. The van der Waals surface area contributed by atoms with Gasteiger partial charge in [-0.25, -0.2) is 4.79 Å². The Bertz CT molecular complexity index is 531. The van der Waals surface area contributed by atoms with Crippen LogP contribution in [0.5, 0.6) is 0 Å². The molecule has 0 aromatic carbocycles. The number of allylic oxidation sites excluding steroid dienone is 1. The summed E-state index contributed by atoms with van der Waals surface area (Å²) in [6.45, 7) is 2.11. The average Bonchev–Trinajstić information content (AvgIpc) is 2.96. The van der Waals surface area contributed by atoms with Crippen molar-refractivity contribution in [1.82, 2.24) is 0 Å². The molecule has 1 aliphatic rings. The topological polar surface area (TPSA) is 74.6 Å². The second-order valence-corrected chi connectivity index (χ2v) is 8.00. The van der Waals surface area contributed by atoms with E-state index in [2.05, 4.69) is 12.8 Å². The lowest BCUT2D eigenvalue weighted by molar-refractivity contribution is -0.131. The number of aliphatic carboxylic acids is 1. The molecule has 3 atom stereocenters. The molecular formula is C23H36O4. The van der Waals surface area contributed by atoms with E-state index in [0.29, 0.717) is 31.0 Å². The van der Waals surface area contributed by atoms with E-state index >= 15 is 0 Å². The maximum absolute atomic E-state index is 12.2. The van der Waals surface area contributed by atoms with E-state index in [1.54, 1.807) is 6.08 Å². The highest BCUT2D eigenvalue weighted by atomic mass is 16.4. The van der Waals surface area contributed by atoms with Crippen molar-refractivity contribution in [1.29, 1.82) is 0 Å². The van der Waals surface area contributed by atoms with Crippen molar-refractivity contribution in [2.45, 2.75) is 96.0 Å². The predicted molar refractivity (Wildman–Crippen MR) is 108 cm³/mol. The van der Waals surface area contributed by atoms with Crippen molar-refractivity contribution in [3.8, 4) is 12.3 Å². The normalized spacial score (nSPS) is 22.0. The number of hydrogen-bond donors (Lipinski definition) is 2. The van der Waals surface area contributed by atoms with Crippen molar-refractivity contribution in [3.05, 3.63) is 12.2 Å². The van der Waals surface area contributed by atoms with Crippen molar-refractivity contribution < 1.29 is 19.8 Å². The van der Waals surface area contributed by atoms with Crippen LogP contribution in [0.4, 0.5) is 0 Å². The molecule has 0 saturated heterocycles. The molecule has 0 amide bonds. The van der Waals surface area contributed by atoms with Gasteiger partial charge in [0.1, 0.15) is 5.78 Å². The first-order valence-electron chi connectivity index (χ1n) is 10.5. The molecular weight excluding hydrogens is 340 g/mol. The molecule has 0 radical (unpaired) electrons. The molecule has 1 saturated carbocycles. The van der Waals surface area contributed by atoms with Crippen LogP contribution in [-0.4, -0.2) is 27.6 Å². The molecule has 0 spiro atoms. The van der Waals surface area contributed by atoms with Crippen LogP contribution in [0.3, 0.4) is 0 Å². The van der Waals surface area contributed by atoms with Crippen LogP contribution in [0.2, 0.25) is 0 Å². The van der Waals surface area contributed by atoms with Crippen LogP contribution < -0.4 is 0 Å². The largest absolute Gasteiger partial charge is 0.478 e. The molecule has 2 N–H and O–H groups in total. The Balaban J connectivity index is 2.38. The van der Waals surface area contributed by atoms with Gasteiger partial charge in [0.25, 0.3) is 0 Å². The number of rotatable bonds is 14. The van der Waals surface area contributed by atoms with E-state index in [9.17, 15) is 14.7 Å². The first-order chi connectivity index (χ1) is 12.9. The van der Waals surface area contributed by atoms with E-state index in [1.807, 2.05) is 0 Å². The average molecular weight is 377 g/mol. The first kappa shape index (κ1) is 23.4. The Kier molecular flexibility index (Phi) is 11.0. The fraction of sp³-hybridized carbons (Fsp3) is 0.739. The lowest BCUT2D eigenvalue weighted by Gasteiger charge is -2.27. The lowest BCUT2D eigenvalue weighted by Crippen LogP contribution is -2.28. The van der Waals surface area contributed by atoms with Crippen LogP contribution in [-0.2, 0) is 9.59 Å². The maximum atomic E-state index is 12.2. The molecule has 1 aliphatic carbocycles. The number of carboxylic acids is 1. The Morgan fingerprint density at radius 1 is 1.26 bits per heavy atom. The molecule has 1 fully saturated rings. The maximum Gasteiger partial charge on any atom is 0.327 e. The smallest absolute Gasteiger partial charge is 0.327 e. The van der Waals surface area contributed by atoms with Crippen molar-refractivity contribution in [2.24, 2.45) is 11.8 Å². The van der Waals surface area contributed by atoms with Gasteiger partial charge in [0.2, 0.25) is 0 Å². The summed E-state index contributed by atoms with van der Waals surface area (Å²) < 4.78 is 0. The summed E-state index contributed by atoms with van der Waals surface area (Å²) in [6, 6.07) is 0. The summed E-state index contributed by atoms with van der Waals surface area (Å²) in [5, 5.41) is 19.3. The number of hydrogen-bond acceptors (Lipinski definition) is 3. The van der Waals surface area contributed by atoms with Crippen LogP contribution >= 0.6 is 0 Å². The summed E-state index contributed by atoms with van der Waals surface area (Å²) >= 11 is 0. The Labute approximate surface area is 164 Å². The molecule has 0 bridgehead atoms. The molecule has 4 nitrogen and oxygen atoms in total. The standard InChI is InChI=1S/C23H36O4/c1-3-5-17-23(27,16-4-2)18-10-11-19-14-15-21(24)20(19)12-8-6-7-9-13-22(25)26/h2,9,13,19-20,27H,3,5-8,10-12,14-18H2,1H3,(H,25,26)/t19-,20+,23?/m0/s1. The van der Waals surface area contributed by atoms with Gasteiger partial charge in [-0.05, 0) is 50.9 Å². The van der Waals surface area contributed by atoms with Crippen LogP contribution in [0.1, 0.15) is 90.4 Å². The minimum atomic E-state index is -0.912. The molecule has 27 heavy (non-hydrogen) atoms. The van der Waals surface area contributed by atoms with Gasteiger partial charge in [-0.3, -0.25) is 4.79 Å². The van der Waals surface area contributed by atoms with Crippen LogP contribution in [0, 0.1) is 24.2 Å². The number of carbonyl (C=O) groups is 2. The molecule has 1 unspecified atom stereocenters. The van der Waals surface area contributed by atoms with E-state index in [-0.39, 0.29) is 5.92 Å². The molecule has 0 aromatic heterocycles. The zero-order valence-corrected chi connectivity index (χ0v) is 16.8. The number of ketones is 1. The van der Waals surface area contributed by atoms with Gasteiger partial charge in [0, 0.05) is 24.8 Å². The number of carbonyl (C=O) groups excluding carboxylic acids is 1. The molecule has 4 heteroatoms. The Hall–Kier alpha value is -1.60. The fourth-order valence-electron chi connectivity index (χ4n) is 4.22. The molecule has 0 aliphatic heterocycles. The zero-order valence-electron chi connectivity index (χ0n) is 16.8. The summed E-state index contributed by atoms with van der Waals surface area (Å²) in [4.78, 5) is 22.7. The van der Waals surface area contributed by atoms with E-state index in [0.717, 1.165) is 64.2 Å². The van der Waals surface area contributed by atoms with Gasteiger partial charge >= 0.3 is 5.97 Å². The third-order valence-corrected chi connectivity index (χ3v) is 5.78. The lowest BCUT2D eigenvalue weighted by atomic mass is 9.83. The molecule has 1 rings (SSSR count). The highest BCUT2D eigenvalue weighted by Gasteiger charge is 2.34. The Morgan fingerprint density at radius 2 is 2.00 bits per heavy atom. The quantitative estimate of drug-likeness (QED) is 0.257. The van der Waals surface area contributed by atoms with E-state index in [1.165, 1.54) is 6.08 Å². The fourth-order valence-corrected chi connectivity index (χ4v) is 4.22. The molecule has 0 aromatic rings. The number of Topliss-reactive ketones (excluding diaryl/α,β-unsaturated/α-hetero) is 1. The van der Waals surface area contributed by atoms with Crippen molar-refractivity contribution in [2.75, 3.05) is 0 Å². The van der Waals surface area contributed by atoms with E-state index < -0.39 is 11.6 Å². The number of carboxylic acid groups (broad SMARTS) is 1. The third kappa shape index (κ3) is 9.24. The van der Waals surface area contributed by atoms with Gasteiger partial charge in [-0.2, -0.15) is 0 Å². The molecule has 0 heterocycles. The second kappa shape index (κ2) is 12.7. The minimum Gasteiger partial charge on any atom is -0.478 e. The van der Waals surface area contributed by atoms with Crippen LogP contribution in [0.15, 0.2) is 12.2 Å². The Morgan fingerprint density at radius 3 is 2.67 bits per heavy atom. The van der Waals surface area contributed by atoms with Gasteiger partial charge in [-0.1, -0.05) is 38.7 Å². The summed E-state index contributed by atoms with van der Waals surface area (Å²) in [7, 11) is 0. The summed E-state index contributed by atoms with van der Waals surface area (Å²) in [5.74, 6) is 2.65. The third-order valence-electron chi connectivity index (χ3n) is 5.78. The summed E-state index contributed by atoms with van der Waals surface area (Å²) in [5.41, 5.74) is -0.751. The van der Waals surface area contributed by atoms with Gasteiger partial charge < -0.3 is 10.2 Å². The number of terminal acetylenes is 1. The van der Waals surface area contributed by atoms with Crippen molar-refractivity contribution in [3.63, 3.8) is 0 Å². The molecule has 152 valence electrons. The van der Waals surface area contributed by atoms with E-state index in [4.69, 9.17) is 11.5 Å². The second-order valence-electron chi connectivity index (χ2n) is 8.00. The number of aliphatic hydroxyl groups is 1. The van der Waals surface area contributed by atoms with Gasteiger partial charge in [-0.15, -0.1) is 12.3 Å². The van der Waals surface area contributed by atoms with Crippen LogP contribution in [0.25, 0.3) is 0 Å². The summed E-state index contributed by atoms with van der Waals surface area (Å²) in [6.07, 6.45) is 19.3. The van der Waals surface area contributed by atoms with Crippen molar-refractivity contribution >= 4 is 11.8 Å². The highest BCUT2D eigenvalue weighted by molar-refractivity contribution is 5.83. The minimum absolute atomic E-state index is 0.143. The number of unbranched alkanes of at least 4 members (excludes halogenated alkanes) is 3. The zero-order chi connectivity index (χ0) is 20.1. The van der Waals surface area contributed by atoms with Gasteiger partial charge in [0.15, 0.2) is 0 Å². The van der Waals surface area contributed by atoms with Gasteiger partial charge in [0.05, 0.1) is 5.60 Å². The predicted octanol–water partition coefficient (Wildman–Crippen LogP) is 4.90. The SMILES string of the molecule is C#CCC(O)(CCCC)CCC[C@H]1CCC(=O)[C@@H]1CCCCC=CC(=O)O. The highest BCUT2D eigenvalue weighted by Crippen LogP contribution is 2.37.